The van der Waals surface area contributed by atoms with Gasteiger partial charge in [0.2, 0.25) is 0 Å². The fourth-order valence-corrected chi connectivity index (χ4v) is 2.16. The summed E-state index contributed by atoms with van der Waals surface area (Å²) in [6.45, 7) is 11.4. The second kappa shape index (κ2) is 7.50. The van der Waals surface area contributed by atoms with Gasteiger partial charge in [-0.2, -0.15) is 0 Å². The van der Waals surface area contributed by atoms with E-state index in [1.165, 1.54) is 12.0 Å². The molecule has 0 fully saturated rings. The Hall–Kier alpha value is -0.820. The molecule has 2 atom stereocenters. The first-order valence-corrected chi connectivity index (χ1v) is 6.90. The molecule has 0 saturated carbocycles. The van der Waals surface area contributed by atoms with Gasteiger partial charge in [0.05, 0.1) is 0 Å². The molecule has 1 nitrogen and oxygen atoms in total. The van der Waals surface area contributed by atoms with Crippen molar-refractivity contribution in [3.63, 3.8) is 0 Å². The SMILES string of the molecule is CCC(C)C(CNCC(C)C)c1ccccc1. The summed E-state index contributed by atoms with van der Waals surface area (Å²) in [6, 6.07) is 10.9. The maximum atomic E-state index is 3.60. The van der Waals surface area contributed by atoms with Crippen molar-refractivity contribution in [2.75, 3.05) is 13.1 Å². The van der Waals surface area contributed by atoms with E-state index in [0.29, 0.717) is 5.92 Å². The van der Waals surface area contributed by atoms with E-state index in [2.05, 4.69) is 63.3 Å². The van der Waals surface area contributed by atoms with E-state index in [4.69, 9.17) is 0 Å². The van der Waals surface area contributed by atoms with Crippen molar-refractivity contribution in [2.45, 2.75) is 40.0 Å². The van der Waals surface area contributed by atoms with Crippen LogP contribution in [0.4, 0.5) is 0 Å². The molecule has 1 rings (SSSR count). The van der Waals surface area contributed by atoms with Crippen molar-refractivity contribution in [1.29, 1.82) is 0 Å². The van der Waals surface area contributed by atoms with Gasteiger partial charge in [-0.05, 0) is 29.9 Å². The van der Waals surface area contributed by atoms with Crippen molar-refractivity contribution in [2.24, 2.45) is 11.8 Å². The van der Waals surface area contributed by atoms with Gasteiger partial charge in [-0.25, -0.2) is 0 Å². The highest BCUT2D eigenvalue weighted by atomic mass is 14.9. The topological polar surface area (TPSA) is 12.0 Å². The second-order valence-electron chi connectivity index (χ2n) is 5.45. The minimum absolute atomic E-state index is 0.639. The first-order chi connectivity index (χ1) is 8.15. The van der Waals surface area contributed by atoms with Crippen LogP contribution in [-0.2, 0) is 0 Å². The van der Waals surface area contributed by atoms with Crippen molar-refractivity contribution in [3.8, 4) is 0 Å². The minimum Gasteiger partial charge on any atom is -0.316 e. The third-order valence-corrected chi connectivity index (χ3v) is 3.48. The van der Waals surface area contributed by atoms with Crippen LogP contribution in [0.1, 0.15) is 45.6 Å². The number of hydrogen-bond donors (Lipinski definition) is 1. The highest BCUT2D eigenvalue weighted by Crippen LogP contribution is 2.26. The van der Waals surface area contributed by atoms with E-state index >= 15 is 0 Å². The number of hydrogen-bond acceptors (Lipinski definition) is 1. The van der Waals surface area contributed by atoms with E-state index < -0.39 is 0 Å². The predicted molar refractivity (Wildman–Crippen MR) is 76.3 cm³/mol. The molecule has 1 heteroatoms. The molecule has 96 valence electrons. The number of rotatable bonds is 7. The fraction of sp³-hybridized carbons (Fsp3) is 0.625. The summed E-state index contributed by atoms with van der Waals surface area (Å²) >= 11 is 0. The highest BCUT2D eigenvalue weighted by molar-refractivity contribution is 5.20. The van der Waals surface area contributed by atoms with E-state index in [0.717, 1.165) is 24.9 Å². The first-order valence-electron chi connectivity index (χ1n) is 6.90. The summed E-state index contributed by atoms with van der Waals surface area (Å²) in [6.07, 6.45) is 1.24. The average Bonchev–Trinajstić information content (AvgIpc) is 2.34. The van der Waals surface area contributed by atoms with Gasteiger partial charge < -0.3 is 5.32 Å². The molecule has 1 N–H and O–H groups in total. The lowest BCUT2D eigenvalue weighted by atomic mass is 9.85. The lowest BCUT2D eigenvalue weighted by Crippen LogP contribution is -2.28. The van der Waals surface area contributed by atoms with Gasteiger partial charge in [0.1, 0.15) is 0 Å². The van der Waals surface area contributed by atoms with Crippen LogP contribution in [0.2, 0.25) is 0 Å². The Bertz CT molecular complexity index is 292. The maximum absolute atomic E-state index is 3.60. The van der Waals surface area contributed by atoms with E-state index in [1.54, 1.807) is 0 Å². The van der Waals surface area contributed by atoms with Crippen LogP contribution in [0.5, 0.6) is 0 Å². The zero-order chi connectivity index (χ0) is 12.7. The summed E-state index contributed by atoms with van der Waals surface area (Å²) in [7, 11) is 0. The third-order valence-electron chi connectivity index (χ3n) is 3.48. The third kappa shape index (κ3) is 4.91. The molecule has 0 aromatic heterocycles. The summed E-state index contributed by atoms with van der Waals surface area (Å²) in [5, 5.41) is 3.60. The molecule has 0 aliphatic carbocycles. The summed E-state index contributed by atoms with van der Waals surface area (Å²) < 4.78 is 0. The van der Waals surface area contributed by atoms with Gasteiger partial charge in [-0.3, -0.25) is 0 Å². The Balaban J connectivity index is 2.61. The Morgan fingerprint density at radius 2 is 1.65 bits per heavy atom. The fourth-order valence-electron chi connectivity index (χ4n) is 2.16. The first kappa shape index (κ1) is 14.2. The van der Waals surface area contributed by atoms with Crippen LogP contribution in [0.25, 0.3) is 0 Å². The quantitative estimate of drug-likeness (QED) is 0.749. The average molecular weight is 233 g/mol. The van der Waals surface area contributed by atoms with Crippen LogP contribution in [0, 0.1) is 11.8 Å². The molecule has 1 aromatic carbocycles. The molecule has 0 saturated heterocycles. The second-order valence-corrected chi connectivity index (χ2v) is 5.45. The van der Waals surface area contributed by atoms with E-state index in [-0.39, 0.29) is 0 Å². The van der Waals surface area contributed by atoms with Gasteiger partial charge in [0, 0.05) is 6.54 Å². The Labute approximate surface area is 107 Å². The summed E-state index contributed by atoms with van der Waals surface area (Å²) in [5.41, 5.74) is 1.47. The van der Waals surface area contributed by atoms with Crippen LogP contribution in [0.3, 0.4) is 0 Å². The Kier molecular flexibility index (Phi) is 6.28. The molecule has 0 radical (unpaired) electrons. The molecule has 17 heavy (non-hydrogen) atoms. The van der Waals surface area contributed by atoms with E-state index in [1.807, 2.05) is 0 Å². The number of nitrogens with one attached hydrogen (secondary N) is 1. The molecule has 0 heterocycles. The van der Waals surface area contributed by atoms with Crippen molar-refractivity contribution >= 4 is 0 Å². The zero-order valence-corrected chi connectivity index (χ0v) is 11.7. The molecular weight excluding hydrogens is 206 g/mol. The number of benzene rings is 1. The Morgan fingerprint density at radius 1 is 1.00 bits per heavy atom. The molecule has 0 amide bonds. The predicted octanol–water partition coefficient (Wildman–Crippen LogP) is 4.06. The van der Waals surface area contributed by atoms with Crippen molar-refractivity contribution in [3.05, 3.63) is 35.9 Å². The molecular formula is C16H27N. The van der Waals surface area contributed by atoms with Gasteiger partial charge in [-0.1, -0.05) is 64.4 Å². The summed E-state index contributed by atoms with van der Waals surface area (Å²) in [4.78, 5) is 0. The normalized spacial score (nSPS) is 14.9. The van der Waals surface area contributed by atoms with Crippen molar-refractivity contribution < 1.29 is 0 Å². The monoisotopic (exact) mass is 233 g/mol. The summed E-state index contributed by atoms with van der Waals surface area (Å²) in [5.74, 6) is 2.10. The Morgan fingerprint density at radius 3 is 2.18 bits per heavy atom. The van der Waals surface area contributed by atoms with E-state index in [9.17, 15) is 0 Å². The standard InChI is InChI=1S/C16H27N/c1-5-14(4)16(12-17-11-13(2)3)15-9-7-6-8-10-15/h6-10,13-14,16-17H,5,11-12H2,1-4H3. The largest absolute Gasteiger partial charge is 0.316 e. The minimum atomic E-state index is 0.639. The molecule has 0 spiro atoms. The van der Waals surface area contributed by atoms with Gasteiger partial charge >= 0.3 is 0 Å². The van der Waals surface area contributed by atoms with Crippen molar-refractivity contribution in [1.82, 2.24) is 5.32 Å². The molecule has 0 aliphatic heterocycles. The van der Waals surface area contributed by atoms with Gasteiger partial charge in [0.15, 0.2) is 0 Å². The molecule has 0 aliphatic rings. The lowest BCUT2D eigenvalue weighted by Gasteiger charge is -2.24. The van der Waals surface area contributed by atoms with Gasteiger partial charge in [-0.15, -0.1) is 0 Å². The smallest absolute Gasteiger partial charge is 0.00228 e. The van der Waals surface area contributed by atoms with Gasteiger partial charge in [0.25, 0.3) is 0 Å². The van der Waals surface area contributed by atoms with Crippen LogP contribution in [-0.4, -0.2) is 13.1 Å². The molecule has 2 unspecified atom stereocenters. The highest BCUT2D eigenvalue weighted by Gasteiger charge is 2.17. The van der Waals surface area contributed by atoms with Crippen LogP contribution in [0.15, 0.2) is 30.3 Å². The lowest BCUT2D eigenvalue weighted by molar-refractivity contribution is 0.409. The van der Waals surface area contributed by atoms with Crippen LogP contribution < -0.4 is 5.32 Å². The zero-order valence-electron chi connectivity index (χ0n) is 11.7. The molecule has 1 aromatic rings. The van der Waals surface area contributed by atoms with Crippen LogP contribution >= 0.6 is 0 Å². The maximum Gasteiger partial charge on any atom is 0.00228 e. The molecule has 0 bridgehead atoms.